The van der Waals surface area contributed by atoms with Gasteiger partial charge in [0.15, 0.2) is 17.3 Å². The van der Waals surface area contributed by atoms with Crippen LogP contribution in [0.25, 0.3) is 33.5 Å². The summed E-state index contributed by atoms with van der Waals surface area (Å²) in [5, 5.41) is 6.62. The zero-order valence-electron chi connectivity index (χ0n) is 19.7. The minimum atomic E-state index is -0.344. The second kappa shape index (κ2) is 9.68. The van der Waals surface area contributed by atoms with Crippen LogP contribution in [0.3, 0.4) is 0 Å². The van der Waals surface area contributed by atoms with E-state index in [-0.39, 0.29) is 17.5 Å². The van der Waals surface area contributed by atoms with E-state index in [4.69, 9.17) is 37.1 Å². The SMILES string of the molecule is COc1cc(C=Nn2c(-c3cc4cc(Cl)ccc4o3)nc3ccccc3c2=O)cc(Cl)c1OC(C)C. The van der Waals surface area contributed by atoms with Crippen LogP contribution in [0, 0.1) is 0 Å². The van der Waals surface area contributed by atoms with E-state index in [1.807, 2.05) is 19.9 Å². The molecule has 0 aliphatic heterocycles. The first kappa shape index (κ1) is 23.9. The maximum absolute atomic E-state index is 13.5. The highest BCUT2D eigenvalue weighted by Gasteiger charge is 2.17. The third-order valence-corrected chi connectivity index (χ3v) is 5.90. The molecule has 0 N–H and O–H groups in total. The lowest BCUT2D eigenvalue weighted by molar-refractivity contribution is 0.230. The Morgan fingerprint density at radius 1 is 1.08 bits per heavy atom. The summed E-state index contributed by atoms with van der Waals surface area (Å²) in [6.45, 7) is 3.80. The molecule has 5 rings (SSSR count). The zero-order valence-corrected chi connectivity index (χ0v) is 21.2. The fourth-order valence-corrected chi connectivity index (χ4v) is 4.25. The Labute approximate surface area is 216 Å². The van der Waals surface area contributed by atoms with Crippen LogP contribution in [-0.4, -0.2) is 29.1 Å². The predicted octanol–water partition coefficient (Wildman–Crippen LogP) is 6.79. The Morgan fingerprint density at radius 3 is 2.67 bits per heavy atom. The van der Waals surface area contributed by atoms with Crippen LogP contribution in [0.5, 0.6) is 11.5 Å². The van der Waals surface area contributed by atoms with E-state index in [2.05, 4.69) is 10.1 Å². The van der Waals surface area contributed by atoms with E-state index in [1.54, 1.807) is 54.6 Å². The molecule has 9 heteroatoms. The summed E-state index contributed by atoms with van der Waals surface area (Å²) in [5.74, 6) is 1.53. The number of halogens is 2. The average Bonchev–Trinajstić information content (AvgIpc) is 3.27. The average molecular weight is 522 g/mol. The van der Waals surface area contributed by atoms with Crippen LogP contribution in [-0.2, 0) is 0 Å². The Morgan fingerprint density at radius 2 is 1.89 bits per heavy atom. The number of fused-ring (bicyclic) bond motifs is 2. The number of methoxy groups -OCH3 is 1. The molecular weight excluding hydrogens is 501 g/mol. The molecule has 0 unspecified atom stereocenters. The molecule has 0 atom stereocenters. The van der Waals surface area contributed by atoms with Crippen molar-refractivity contribution in [2.45, 2.75) is 20.0 Å². The number of benzene rings is 3. The Hall–Kier alpha value is -3.81. The monoisotopic (exact) mass is 521 g/mol. The maximum Gasteiger partial charge on any atom is 0.282 e. The van der Waals surface area contributed by atoms with Gasteiger partial charge < -0.3 is 13.9 Å². The second-order valence-corrected chi connectivity index (χ2v) is 9.15. The fourth-order valence-electron chi connectivity index (χ4n) is 3.80. The number of rotatable bonds is 6. The normalized spacial score (nSPS) is 11.7. The largest absolute Gasteiger partial charge is 0.493 e. The number of ether oxygens (including phenoxy) is 2. The second-order valence-electron chi connectivity index (χ2n) is 8.31. The molecule has 0 fully saturated rings. The molecule has 3 aromatic carbocycles. The van der Waals surface area contributed by atoms with E-state index in [9.17, 15) is 4.79 Å². The number of aromatic nitrogens is 2. The van der Waals surface area contributed by atoms with Crippen molar-refractivity contribution < 1.29 is 13.9 Å². The van der Waals surface area contributed by atoms with Gasteiger partial charge in [0.2, 0.25) is 5.82 Å². The molecule has 7 nitrogen and oxygen atoms in total. The number of furan rings is 1. The highest BCUT2D eigenvalue weighted by Crippen LogP contribution is 2.37. The van der Waals surface area contributed by atoms with Crippen LogP contribution in [0.15, 0.2) is 75.0 Å². The third-order valence-electron chi connectivity index (χ3n) is 5.38. The Bertz CT molecular complexity index is 1690. The summed E-state index contributed by atoms with van der Waals surface area (Å²) >= 11 is 12.6. The highest BCUT2D eigenvalue weighted by molar-refractivity contribution is 6.32. The molecule has 0 aliphatic rings. The first-order valence-corrected chi connectivity index (χ1v) is 11.9. The topological polar surface area (TPSA) is 78.9 Å². The molecule has 182 valence electrons. The van der Waals surface area contributed by atoms with Gasteiger partial charge in [0.05, 0.1) is 35.4 Å². The van der Waals surface area contributed by atoms with E-state index in [1.165, 1.54) is 18.0 Å². The van der Waals surface area contributed by atoms with Gasteiger partial charge in [-0.05, 0) is 67.9 Å². The summed E-state index contributed by atoms with van der Waals surface area (Å²) in [4.78, 5) is 18.1. The van der Waals surface area contributed by atoms with Crippen molar-refractivity contribution in [2.75, 3.05) is 7.11 Å². The molecule has 2 aromatic heterocycles. The summed E-state index contributed by atoms with van der Waals surface area (Å²) in [6, 6.07) is 17.6. The molecule has 0 bridgehead atoms. The minimum Gasteiger partial charge on any atom is -0.493 e. The van der Waals surface area contributed by atoms with Crippen molar-refractivity contribution >= 4 is 51.3 Å². The zero-order chi connectivity index (χ0) is 25.4. The Balaban J connectivity index is 1.66. The molecule has 0 amide bonds. The van der Waals surface area contributed by atoms with Gasteiger partial charge >= 0.3 is 0 Å². The lowest BCUT2D eigenvalue weighted by atomic mass is 10.2. The van der Waals surface area contributed by atoms with Crippen molar-refractivity contribution in [3.05, 3.63) is 86.6 Å². The Kier molecular flexibility index (Phi) is 6.43. The van der Waals surface area contributed by atoms with Gasteiger partial charge in [-0.1, -0.05) is 35.3 Å². The van der Waals surface area contributed by atoms with E-state index < -0.39 is 0 Å². The van der Waals surface area contributed by atoms with Gasteiger partial charge in [-0.2, -0.15) is 9.78 Å². The van der Waals surface area contributed by atoms with E-state index in [0.29, 0.717) is 49.4 Å². The predicted molar refractivity (Wildman–Crippen MR) is 143 cm³/mol. The van der Waals surface area contributed by atoms with Crippen LogP contribution >= 0.6 is 23.2 Å². The van der Waals surface area contributed by atoms with E-state index >= 15 is 0 Å². The molecule has 5 aromatic rings. The van der Waals surface area contributed by atoms with Gasteiger partial charge in [-0.15, -0.1) is 0 Å². The van der Waals surface area contributed by atoms with Gasteiger partial charge in [0.25, 0.3) is 5.56 Å². The van der Waals surface area contributed by atoms with Crippen LogP contribution in [0.4, 0.5) is 0 Å². The van der Waals surface area contributed by atoms with Gasteiger partial charge in [-0.25, -0.2) is 4.98 Å². The van der Waals surface area contributed by atoms with Crippen LogP contribution in [0.1, 0.15) is 19.4 Å². The van der Waals surface area contributed by atoms with Crippen molar-refractivity contribution in [3.63, 3.8) is 0 Å². The quantitative estimate of drug-likeness (QED) is 0.229. The van der Waals surface area contributed by atoms with Crippen molar-refractivity contribution in [3.8, 4) is 23.1 Å². The molecule has 0 saturated heterocycles. The first-order chi connectivity index (χ1) is 17.3. The van der Waals surface area contributed by atoms with E-state index in [0.717, 1.165) is 5.39 Å². The number of para-hydroxylation sites is 1. The molecule has 36 heavy (non-hydrogen) atoms. The minimum absolute atomic E-state index is 0.0839. The van der Waals surface area contributed by atoms with Crippen molar-refractivity contribution in [1.29, 1.82) is 0 Å². The fraction of sp³-hybridized carbons (Fsp3) is 0.148. The number of nitrogens with zero attached hydrogens (tertiary/aromatic N) is 3. The standard InChI is InChI=1S/C27H21Cl2N3O4/c1-15(2)35-25-20(29)10-16(11-23(25)34-3)14-30-32-26(31-21-7-5-4-6-19(21)27(32)33)24-13-17-12-18(28)8-9-22(17)36-24/h4-15H,1-3H3. The highest BCUT2D eigenvalue weighted by atomic mass is 35.5. The summed E-state index contributed by atoms with van der Waals surface area (Å²) in [7, 11) is 1.53. The van der Waals surface area contributed by atoms with Crippen molar-refractivity contribution in [1.82, 2.24) is 9.66 Å². The molecule has 0 saturated carbocycles. The maximum atomic E-state index is 13.5. The molecule has 0 aliphatic carbocycles. The summed E-state index contributed by atoms with van der Waals surface area (Å²) < 4.78 is 18.4. The molecule has 2 heterocycles. The van der Waals surface area contributed by atoms with Crippen LogP contribution in [0.2, 0.25) is 10.0 Å². The number of hydrogen-bond donors (Lipinski definition) is 0. The molecule has 0 radical (unpaired) electrons. The third kappa shape index (κ3) is 4.55. The van der Waals surface area contributed by atoms with Crippen LogP contribution < -0.4 is 15.0 Å². The molecule has 0 spiro atoms. The summed E-state index contributed by atoms with van der Waals surface area (Å²) in [6.07, 6.45) is 1.42. The van der Waals surface area contributed by atoms with Gasteiger partial charge in [0.1, 0.15) is 5.58 Å². The lowest BCUT2D eigenvalue weighted by Crippen LogP contribution is -2.20. The van der Waals surface area contributed by atoms with Crippen molar-refractivity contribution in [2.24, 2.45) is 5.10 Å². The van der Waals surface area contributed by atoms with Gasteiger partial charge in [0, 0.05) is 10.4 Å². The number of hydrogen-bond acceptors (Lipinski definition) is 6. The summed E-state index contributed by atoms with van der Waals surface area (Å²) in [5.41, 5.74) is 1.41. The first-order valence-electron chi connectivity index (χ1n) is 11.1. The van der Waals surface area contributed by atoms with Gasteiger partial charge in [-0.3, -0.25) is 4.79 Å². The smallest absolute Gasteiger partial charge is 0.282 e. The lowest BCUT2D eigenvalue weighted by Gasteiger charge is -2.15. The molecular formula is C27H21Cl2N3O4.